The third kappa shape index (κ3) is 3.93. The lowest BCUT2D eigenvalue weighted by Crippen LogP contribution is -2.11. The predicted molar refractivity (Wildman–Crippen MR) is 73.7 cm³/mol. The van der Waals surface area contributed by atoms with Gasteiger partial charge in [-0.2, -0.15) is 4.89 Å². The molecule has 1 heterocycles. The van der Waals surface area contributed by atoms with Gasteiger partial charge in [0.25, 0.3) is 0 Å². The molecule has 1 aromatic carbocycles. The zero-order valence-corrected chi connectivity index (χ0v) is 11.2. The van der Waals surface area contributed by atoms with Crippen LogP contribution in [0.15, 0.2) is 41.5 Å². The first-order valence-electron chi connectivity index (χ1n) is 6.26. The van der Waals surface area contributed by atoms with Gasteiger partial charge < -0.3 is 14.0 Å². The molecule has 0 saturated carbocycles. The topological polar surface area (TPSA) is 75.0 Å². The highest BCUT2D eigenvalue weighted by molar-refractivity contribution is 6.25. The second-order valence-electron chi connectivity index (χ2n) is 4.09. The zero-order valence-electron chi connectivity index (χ0n) is 11.2. The molecule has 0 atom stereocenters. The van der Waals surface area contributed by atoms with Crippen molar-refractivity contribution in [1.29, 1.82) is 0 Å². The molecular weight excluding hydrogens is 276 g/mol. The zero-order chi connectivity index (χ0) is 15.1. The van der Waals surface area contributed by atoms with E-state index >= 15 is 0 Å². The van der Waals surface area contributed by atoms with Crippen LogP contribution < -0.4 is 4.74 Å². The summed E-state index contributed by atoms with van der Waals surface area (Å²) in [5, 5.41) is 0.839. The summed E-state index contributed by atoms with van der Waals surface area (Å²) in [7, 11) is 0. The number of aldehydes is 1. The Balaban J connectivity index is 2.08. The number of furan rings is 1. The van der Waals surface area contributed by atoms with Crippen LogP contribution in [-0.4, -0.2) is 25.3 Å². The average molecular weight is 290 g/mol. The maximum Gasteiger partial charge on any atom is 0.232 e. The highest BCUT2D eigenvalue weighted by Crippen LogP contribution is 2.28. The highest BCUT2D eigenvalue weighted by Gasteiger charge is 2.10. The number of Topliss-reactive ketones (excluding diaryl/α,β-unsaturated/α-hetero) is 1. The summed E-state index contributed by atoms with van der Waals surface area (Å²) in [4.78, 5) is 30.6. The van der Waals surface area contributed by atoms with Crippen molar-refractivity contribution in [3.63, 3.8) is 0 Å². The van der Waals surface area contributed by atoms with Gasteiger partial charge in [-0.25, -0.2) is 0 Å². The number of ketones is 1. The van der Waals surface area contributed by atoms with Gasteiger partial charge in [0, 0.05) is 11.8 Å². The molecule has 0 radical (unpaired) electrons. The van der Waals surface area contributed by atoms with E-state index in [1.165, 1.54) is 6.26 Å². The Kier molecular flexibility index (Phi) is 5.11. The summed E-state index contributed by atoms with van der Waals surface area (Å²) in [5.41, 5.74) is 0.524. The van der Waals surface area contributed by atoms with E-state index in [0.29, 0.717) is 30.1 Å². The van der Waals surface area contributed by atoms with Crippen LogP contribution in [0.2, 0.25) is 0 Å². The van der Waals surface area contributed by atoms with Crippen LogP contribution in [0.4, 0.5) is 0 Å². The maximum atomic E-state index is 11.0. The van der Waals surface area contributed by atoms with Crippen LogP contribution in [0.1, 0.15) is 5.76 Å². The number of ether oxygens (including phenoxy) is 1. The van der Waals surface area contributed by atoms with Gasteiger partial charge in [-0.1, -0.05) is 18.7 Å². The van der Waals surface area contributed by atoms with Crippen molar-refractivity contribution in [1.82, 2.24) is 0 Å². The lowest BCUT2D eigenvalue weighted by atomic mass is 10.2. The molecule has 2 rings (SSSR count). The normalized spacial score (nSPS) is 10.3. The fraction of sp³-hybridized carbons (Fsp3) is 0.200. The largest absolute Gasteiger partial charge is 0.481 e. The van der Waals surface area contributed by atoms with Crippen molar-refractivity contribution in [2.45, 2.75) is 6.42 Å². The third-order valence-electron chi connectivity index (χ3n) is 2.63. The summed E-state index contributed by atoms with van der Waals surface area (Å²) in [6.45, 7) is 3.35. The summed E-state index contributed by atoms with van der Waals surface area (Å²) in [6.07, 6.45) is 1.93. The lowest BCUT2D eigenvalue weighted by molar-refractivity contribution is -0.247. The number of carbonyl (C=O) groups excluding carboxylic acids is 2. The van der Waals surface area contributed by atoms with Crippen LogP contribution in [0.25, 0.3) is 11.0 Å². The summed E-state index contributed by atoms with van der Waals surface area (Å²) in [5.74, 6) is 0.474. The average Bonchev–Trinajstić information content (AvgIpc) is 2.92. The predicted octanol–water partition coefficient (Wildman–Crippen LogP) is 2.21. The van der Waals surface area contributed by atoms with Gasteiger partial charge in [0.1, 0.15) is 18.6 Å². The Labute approximate surface area is 120 Å². The minimum Gasteiger partial charge on any atom is -0.481 e. The van der Waals surface area contributed by atoms with E-state index in [1.54, 1.807) is 12.1 Å². The van der Waals surface area contributed by atoms with Crippen molar-refractivity contribution in [3.8, 4) is 5.75 Å². The van der Waals surface area contributed by atoms with E-state index in [-0.39, 0.29) is 12.9 Å². The Morgan fingerprint density at radius 2 is 2.24 bits per heavy atom. The molecule has 0 amide bonds. The Morgan fingerprint density at radius 3 is 3.00 bits per heavy atom. The molecule has 0 aliphatic heterocycles. The Morgan fingerprint density at radius 1 is 1.38 bits per heavy atom. The number of hydrogen-bond acceptors (Lipinski definition) is 6. The molecule has 110 valence electrons. The van der Waals surface area contributed by atoms with Crippen LogP contribution in [-0.2, 0) is 25.8 Å². The van der Waals surface area contributed by atoms with Gasteiger partial charge >= 0.3 is 0 Å². The van der Waals surface area contributed by atoms with Gasteiger partial charge in [0.05, 0.1) is 0 Å². The summed E-state index contributed by atoms with van der Waals surface area (Å²) >= 11 is 0. The van der Waals surface area contributed by atoms with Gasteiger partial charge in [0.15, 0.2) is 24.2 Å². The van der Waals surface area contributed by atoms with Crippen molar-refractivity contribution in [2.75, 3.05) is 13.2 Å². The molecule has 6 heteroatoms. The standard InChI is InChI=1S/C15H14O6/c1-2-19-20-7-6-13-8-11-4-3-5-14(15(11)21-13)18-10-12(17)9-16/h2-5,8-9H,1,6-7,10H2. The van der Waals surface area contributed by atoms with Gasteiger partial charge in [-0.15, -0.1) is 0 Å². The summed E-state index contributed by atoms with van der Waals surface area (Å²) in [6, 6.07) is 7.16. The quantitative estimate of drug-likeness (QED) is 0.176. The number of para-hydroxylation sites is 1. The molecule has 2 aromatic rings. The molecule has 0 N–H and O–H groups in total. The first-order valence-corrected chi connectivity index (χ1v) is 6.26. The smallest absolute Gasteiger partial charge is 0.232 e. The fourth-order valence-corrected chi connectivity index (χ4v) is 1.75. The van der Waals surface area contributed by atoms with E-state index in [2.05, 4.69) is 11.5 Å². The number of fused-ring (bicyclic) bond motifs is 1. The number of carbonyl (C=O) groups is 2. The molecular formula is C15H14O6. The van der Waals surface area contributed by atoms with E-state index in [0.717, 1.165) is 5.39 Å². The van der Waals surface area contributed by atoms with E-state index in [1.807, 2.05) is 12.1 Å². The second-order valence-corrected chi connectivity index (χ2v) is 4.09. The molecule has 0 aliphatic carbocycles. The molecule has 21 heavy (non-hydrogen) atoms. The molecule has 0 aliphatic rings. The van der Waals surface area contributed by atoms with Gasteiger partial charge in [0.2, 0.25) is 5.78 Å². The van der Waals surface area contributed by atoms with Crippen LogP contribution in [0.5, 0.6) is 5.75 Å². The minimum absolute atomic E-state index is 0.227. The Hall–Kier alpha value is -2.60. The highest BCUT2D eigenvalue weighted by atomic mass is 17.2. The number of benzene rings is 1. The Bertz CT molecular complexity index is 643. The minimum atomic E-state index is -0.631. The van der Waals surface area contributed by atoms with Crippen molar-refractivity contribution >= 4 is 23.0 Å². The first kappa shape index (κ1) is 14.8. The van der Waals surface area contributed by atoms with Crippen LogP contribution in [0.3, 0.4) is 0 Å². The SMILES string of the molecule is C=COOCCc1cc2cccc(OCC(=O)C=O)c2o1. The molecule has 0 fully saturated rings. The van der Waals surface area contributed by atoms with Crippen molar-refractivity contribution in [3.05, 3.63) is 42.9 Å². The second kappa shape index (κ2) is 7.25. The summed E-state index contributed by atoms with van der Waals surface area (Å²) < 4.78 is 10.9. The van der Waals surface area contributed by atoms with Crippen LogP contribution in [0, 0.1) is 0 Å². The number of hydrogen-bond donors (Lipinski definition) is 0. The molecule has 0 bridgehead atoms. The van der Waals surface area contributed by atoms with Gasteiger partial charge in [-0.3, -0.25) is 9.59 Å². The monoisotopic (exact) mass is 290 g/mol. The number of rotatable bonds is 9. The first-order chi connectivity index (χ1) is 10.2. The van der Waals surface area contributed by atoms with Crippen LogP contribution >= 0.6 is 0 Å². The molecule has 0 unspecified atom stereocenters. The van der Waals surface area contributed by atoms with Gasteiger partial charge in [-0.05, 0) is 12.1 Å². The fourth-order valence-electron chi connectivity index (χ4n) is 1.75. The van der Waals surface area contributed by atoms with E-state index < -0.39 is 5.78 Å². The molecule has 0 saturated heterocycles. The third-order valence-corrected chi connectivity index (χ3v) is 2.63. The molecule has 0 spiro atoms. The van der Waals surface area contributed by atoms with E-state index in [4.69, 9.17) is 14.0 Å². The van der Waals surface area contributed by atoms with Crippen molar-refractivity contribution < 1.29 is 28.5 Å². The van der Waals surface area contributed by atoms with Crippen molar-refractivity contribution in [2.24, 2.45) is 0 Å². The van der Waals surface area contributed by atoms with E-state index in [9.17, 15) is 9.59 Å². The maximum absolute atomic E-state index is 11.0. The molecule has 1 aromatic heterocycles. The molecule has 6 nitrogen and oxygen atoms in total. The lowest BCUT2D eigenvalue weighted by Gasteiger charge is -2.03.